The van der Waals surface area contributed by atoms with Crippen LogP contribution < -0.4 is 9.64 Å². The van der Waals surface area contributed by atoms with Crippen molar-refractivity contribution in [2.75, 3.05) is 18.6 Å². The third-order valence-electron chi connectivity index (χ3n) is 4.17. The minimum atomic E-state index is 0.888. The molecule has 2 aromatic carbocycles. The number of hydrogen-bond acceptors (Lipinski definition) is 4. The first-order valence-corrected chi connectivity index (χ1v) is 8.41. The molecule has 112 valence electrons. The van der Waals surface area contributed by atoms with Gasteiger partial charge in [-0.3, -0.25) is 0 Å². The lowest BCUT2D eigenvalue weighted by Gasteiger charge is -2.30. The van der Waals surface area contributed by atoms with Crippen LogP contribution in [0.15, 0.2) is 42.5 Å². The quantitative estimate of drug-likeness (QED) is 0.723. The molecular weight excluding hydrogens is 292 g/mol. The Balaban J connectivity index is 1.64. The normalized spacial score (nSPS) is 14.1. The summed E-state index contributed by atoms with van der Waals surface area (Å²) in [4.78, 5) is 7.21. The summed E-state index contributed by atoms with van der Waals surface area (Å²) >= 11 is 1.80. The number of aryl methyl sites for hydroxylation is 1. The summed E-state index contributed by atoms with van der Waals surface area (Å²) in [7, 11) is 1.73. The first-order valence-electron chi connectivity index (χ1n) is 7.60. The number of thiazole rings is 1. The minimum Gasteiger partial charge on any atom is -0.497 e. The van der Waals surface area contributed by atoms with Gasteiger partial charge in [-0.05, 0) is 48.7 Å². The first-order chi connectivity index (χ1) is 10.8. The number of hydrogen-bond donors (Lipinski definition) is 0. The molecule has 0 aliphatic carbocycles. The second-order valence-electron chi connectivity index (χ2n) is 5.60. The smallest absolute Gasteiger partial charge is 0.119 e. The monoisotopic (exact) mass is 310 g/mol. The average molecular weight is 310 g/mol. The van der Waals surface area contributed by atoms with E-state index in [-0.39, 0.29) is 0 Å². The van der Waals surface area contributed by atoms with Gasteiger partial charge in [0.15, 0.2) is 0 Å². The highest BCUT2D eigenvalue weighted by Gasteiger charge is 2.18. The fourth-order valence-corrected chi connectivity index (χ4v) is 4.08. The summed E-state index contributed by atoms with van der Waals surface area (Å²) in [5.74, 6) is 0.945. The lowest BCUT2D eigenvalue weighted by molar-refractivity contribution is 0.414. The van der Waals surface area contributed by atoms with E-state index in [1.165, 1.54) is 27.4 Å². The Morgan fingerprint density at radius 1 is 1.23 bits per heavy atom. The molecule has 22 heavy (non-hydrogen) atoms. The maximum Gasteiger partial charge on any atom is 0.119 e. The van der Waals surface area contributed by atoms with Gasteiger partial charge >= 0.3 is 0 Å². The molecule has 0 radical (unpaired) electrons. The molecule has 1 aromatic heterocycles. The predicted molar refractivity (Wildman–Crippen MR) is 92.0 cm³/mol. The highest BCUT2D eigenvalue weighted by Crippen LogP contribution is 2.32. The Bertz CT molecular complexity index is 779. The highest BCUT2D eigenvalue weighted by atomic mass is 32.1. The summed E-state index contributed by atoms with van der Waals surface area (Å²) < 4.78 is 6.61. The van der Waals surface area contributed by atoms with Gasteiger partial charge in [-0.25, -0.2) is 4.98 Å². The Morgan fingerprint density at radius 2 is 2.14 bits per heavy atom. The molecule has 0 unspecified atom stereocenters. The lowest BCUT2D eigenvalue weighted by atomic mass is 10.0. The largest absolute Gasteiger partial charge is 0.497 e. The van der Waals surface area contributed by atoms with Crippen molar-refractivity contribution in [2.45, 2.75) is 19.4 Å². The maximum atomic E-state index is 5.34. The number of para-hydroxylation sites is 1. The van der Waals surface area contributed by atoms with Crippen LogP contribution in [0.25, 0.3) is 10.2 Å². The van der Waals surface area contributed by atoms with Gasteiger partial charge in [0.25, 0.3) is 0 Å². The molecule has 0 bridgehead atoms. The van der Waals surface area contributed by atoms with Gasteiger partial charge in [-0.2, -0.15) is 0 Å². The first kappa shape index (κ1) is 13.6. The van der Waals surface area contributed by atoms with Crippen LogP contribution in [-0.2, 0) is 13.0 Å². The zero-order valence-electron chi connectivity index (χ0n) is 12.6. The van der Waals surface area contributed by atoms with E-state index in [1.54, 1.807) is 18.4 Å². The Labute approximate surface area is 134 Å². The van der Waals surface area contributed by atoms with Gasteiger partial charge in [-0.15, -0.1) is 11.3 Å². The molecule has 0 atom stereocenters. The van der Waals surface area contributed by atoms with Gasteiger partial charge < -0.3 is 9.64 Å². The zero-order valence-corrected chi connectivity index (χ0v) is 13.4. The average Bonchev–Trinajstić information content (AvgIpc) is 2.97. The van der Waals surface area contributed by atoms with E-state index in [4.69, 9.17) is 9.72 Å². The molecule has 4 rings (SSSR count). The highest BCUT2D eigenvalue weighted by molar-refractivity contribution is 7.18. The van der Waals surface area contributed by atoms with Gasteiger partial charge in [0, 0.05) is 12.2 Å². The predicted octanol–water partition coefficient (Wildman–Crippen LogP) is 4.26. The number of benzene rings is 2. The van der Waals surface area contributed by atoms with Crippen molar-refractivity contribution in [3.8, 4) is 5.75 Å². The van der Waals surface area contributed by atoms with Crippen molar-refractivity contribution in [1.29, 1.82) is 0 Å². The number of methoxy groups -OCH3 is 1. The van der Waals surface area contributed by atoms with Crippen molar-refractivity contribution in [2.24, 2.45) is 0 Å². The van der Waals surface area contributed by atoms with Crippen LogP contribution in [0.5, 0.6) is 5.75 Å². The van der Waals surface area contributed by atoms with Crippen LogP contribution >= 0.6 is 11.3 Å². The molecule has 4 heteroatoms. The third kappa shape index (κ3) is 2.44. The van der Waals surface area contributed by atoms with E-state index in [1.807, 2.05) is 6.07 Å². The maximum absolute atomic E-state index is 5.34. The molecule has 0 fully saturated rings. The molecule has 3 nitrogen and oxygen atoms in total. The van der Waals surface area contributed by atoms with Crippen molar-refractivity contribution in [1.82, 2.24) is 4.98 Å². The van der Waals surface area contributed by atoms with Crippen LogP contribution in [0.4, 0.5) is 5.69 Å². The van der Waals surface area contributed by atoms with E-state index in [9.17, 15) is 0 Å². The SMILES string of the molecule is COc1ccc2c(c1)CCCN2Cc1nc2ccccc2s1. The molecule has 2 heterocycles. The topological polar surface area (TPSA) is 25.4 Å². The summed E-state index contributed by atoms with van der Waals surface area (Å²) in [6.07, 6.45) is 2.31. The van der Waals surface area contributed by atoms with Gasteiger partial charge in [0.1, 0.15) is 10.8 Å². The van der Waals surface area contributed by atoms with E-state index >= 15 is 0 Å². The van der Waals surface area contributed by atoms with E-state index in [0.29, 0.717) is 0 Å². The second-order valence-corrected chi connectivity index (χ2v) is 6.71. The Hall–Kier alpha value is -2.07. The third-order valence-corrected chi connectivity index (χ3v) is 5.19. The molecule has 0 spiro atoms. The molecular formula is C18H18N2OS. The van der Waals surface area contributed by atoms with Crippen LogP contribution in [-0.4, -0.2) is 18.6 Å². The van der Waals surface area contributed by atoms with Gasteiger partial charge in [0.2, 0.25) is 0 Å². The number of rotatable bonds is 3. The summed E-state index contributed by atoms with van der Waals surface area (Å²) in [6.45, 7) is 1.98. The van der Waals surface area contributed by atoms with Crippen LogP contribution in [0.3, 0.4) is 0 Å². The zero-order chi connectivity index (χ0) is 14.9. The number of ether oxygens (including phenoxy) is 1. The minimum absolute atomic E-state index is 0.888. The molecule has 0 N–H and O–H groups in total. The fourth-order valence-electron chi connectivity index (χ4n) is 3.09. The molecule has 0 saturated heterocycles. The Kier molecular flexibility index (Phi) is 3.47. The number of fused-ring (bicyclic) bond motifs is 2. The van der Waals surface area contributed by atoms with E-state index < -0.39 is 0 Å². The van der Waals surface area contributed by atoms with Crippen molar-refractivity contribution < 1.29 is 4.74 Å². The summed E-state index contributed by atoms with van der Waals surface area (Å²) in [5, 5.41) is 1.19. The van der Waals surface area contributed by atoms with Crippen molar-refractivity contribution in [3.05, 3.63) is 53.0 Å². The van der Waals surface area contributed by atoms with Crippen LogP contribution in [0, 0.1) is 0 Å². The molecule has 0 saturated carbocycles. The number of anilines is 1. The summed E-state index contributed by atoms with van der Waals surface area (Å²) in [5.41, 5.74) is 3.81. The molecule has 1 aliphatic heterocycles. The Morgan fingerprint density at radius 3 is 3.00 bits per heavy atom. The van der Waals surface area contributed by atoms with Gasteiger partial charge in [-0.1, -0.05) is 12.1 Å². The van der Waals surface area contributed by atoms with Crippen LogP contribution in [0.1, 0.15) is 17.0 Å². The van der Waals surface area contributed by atoms with Crippen molar-refractivity contribution in [3.63, 3.8) is 0 Å². The summed E-state index contributed by atoms with van der Waals surface area (Å²) in [6, 6.07) is 14.8. The van der Waals surface area contributed by atoms with Crippen molar-refractivity contribution >= 4 is 27.2 Å². The lowest BCUT2D eigenvalue weighted by Crippen LogP contribution is -2.28. The number of aromatic nitrogens is 1. The molecule has 1 aliphatic rings. The molecule has 0 amide bonds. The molecule has 3 aromatic rings. The van der Waals surface area contributed by atoms with E-state index in [2.05, 4.69) is 41.3 Å². The van der Waals surface area contributed by atoms with Crippen LogP contribution in [0.2, 0.25) is 0 Å². The number of nitrogens with zero attached hydrogens (tertiary/aromatic N) is 2. The van der Waals surface area contributed by atoms with Gasteiger partial charge in [0.05, 0.1) is 23.9 Å². The fraction of sp³-hybridized carbons (Fsp3) is 0.278. The second kappa shape index (κ2) is 5.61. The van der Waals surface area contributed by atoms with E-state index in [0.717, 1.165) is 30.8 Å². The standard InChI is InChI=1S/C18H18N2OS/c1-21-14-8-9-16-13(11-14)5-4-10-20(16)12-18-19-15-6-2-3-7-17(15)22-18/h2-3,6-9,11H,4-5,10,12H2,1H3.